The lowest BCUT2D eigenvalue weighted by atomic mass is 10.1. The summed E-state index contributed by atoms with van der Waals surface area (Å²) in [6.07, 6.45) is 2.88. The minimum Gasteiger partial charge on any atom is -0.467 e. The third-order valence-electron chi connectivity index (χ3n) is 3.18. The number of methoxy groups -OCH3 is 1. The van der Waals surface area contributed by atoms with Crippen molar-refractivity contribution in [2.24, 2.45) is 5.92 Å². The quantitative estimate of drug-likeness (QED) is 0.766. The van der Waals surface area contributed by atoms with Gasteiger partial charge in [0, 0.05) is 14.5 Å². The van der Waals surface area contributed by atoms with Crippen LogP contribution in [0.15, 0.2) is 27.1 Å². The molecule has 1 aromatic carbocycles. The first-order valence-electron chi connectivity index (χ1n) is 6.34. The molecule has 1 aliphatic carbocycles. The Morgan fingerprint density at radius 1 is 1.30 bits per heavy atom. The highest BCUT2D eigenvalue weighted by Gasteiger charge is 2.31. The lowest BCUT2D eigenvalue weighted by Crippen LogP contribution is -2.41. The zero-order valence-corrected chi connectivity index (χ0v) is 14.2. The van der Waals surface area contributed by atoms with Crippen molar-refractivity contribution in [2.45, 2.75) is 25.3 Å². The molecule has 1 atom stereocenters. The van der Waals surface area contributed by atoms with E-state index in [0.717, 1.165) is 21.8 Å². The Kier molecular flexibility index (Phi) is 5.21. The molecule has 6 heteroatoms. The van der Waals surface area contributed by atoms with E-state index in [1.165, 1.54) is 7.11 Å². The van der Waals surface area contributed by atoms with Crippen LogP contribution in [0.5, 0.6) is 0 Å². The minimum absolute atomic E-state index is 0.275. The summed E-state index contributed by atoms with van der Waals surface area (Å²) in [5.41, 5.74) is 0.496. The van der Waals surface area contributed by atoms with Crippen molar-refractivity contribution in [1.29, 1.82) is 0 Å². The van der Waals surface area contributed by atoms with Gasteiger partial charge in [0.25, 0.3) is 5.91 Å². The van der Waals surface area contributed by atoms with Crippen molar-refractivity contribution in [2.75, 3.05) is 7.11 Å². The van der Waals surface area contributed by atoms with E-state index in [-0.39, 0.29) is 11.9 Å². The van der Waals surface area contributed by atoms with Gasteiger partial charge in [-0.3, -0.25) is 4.79 Å². The first-order valence-corrected chi connectivity index (χ1v) is 7.93. The van der Waals surface area contributed by atoms with E-state index in [9.17, 15) is 9.59 Å². The van der Waals surface area contributed by atoms with Crippen LogP contribution < -0.4 is 5.32 Å². The van der Waals surface area contributed by atoms with Crippen molar-refractivity contribution >= 4 is 43.7 Å². The van der Waals surface area contributed by atoms with Gasteiger partial charge < -0.3 is 10.1 Å². The molecule has 1 fully saturated rings. The van der Waals surface area contributed by atoms with Gasteiger partial charge in [-0.1, -0.05) is 44.7 Å². The molecule has 1 amide bonds. The molecule has 0 radical (unpaired) electrons. The maximum absolute atomic E-state index is 12.2. The Hall–Kier alpha value is -0.880. The van der Waals surface area contributed by atoms with Crippen LogP contribution in [0.2, 0.25) is 0 Å². The average molecular weight is 405 g/mol. The fourth-order valence-electron chi connectivity index (χ4n) is 1.97. The summed E-state index contributed by atoms with van der Waals surface area (Å²) in [4.78, 5) is 23.9. The van der Waals surface area contributed by atoms with Gasteiger partial charge >= 0.3 is 5.97 Å². The maximum Gasteiger partial charge on any atom is 0.328 e. The summed E-state index contributed by atoms with van der Waals surface area (Å²) >= 11 is 6.68. The summed E-state index contributed by atoms with van der Waals surface area (Å²) in [5.74, 6) is -0.143. The number of hydrogen-bond acceptors (Lipinski definition) is 3. The molecule has 1 aliphatic rings. The number of rotatable bonds is 5. The topological polar surface area (TPSA) is 55.4 Å². The van der Waals surface area contributed by atoms with Crippen LogP contribution in [0.3, 0.4) is 0 Å². The van der Waals surface area contributed by atoms with Crippen LogP contribution in [0.4, 0.5) is 0 Å². The molecule has 0 bridgehead atoms. The molecule has 1 saturated carbocycles. The maximum atomic E-state index is 12.2. The second-order valence-electron chi connectivity index (χ2n) is 4.89. The van der Waals surface area contributed by atoms with Gasteiger partial charge in [-0.2, -0.15) is 0 Å². The number of carbonyl (C=O) groups is 2. The van der Waals surface area contributed by atoms with Gasteiger partial charge in [0.2, 0.25) is 0 Å². The van der Waals surface area contributed by atoms with Crippen molar-refractivity contribution < 1.29 is 14.3 Å². The molecule has 0 aliphatic heterocycles. The number of halogens is 2. The summed E-state index contributed by atoms with van der Waals surface area (Å²) in [5, 5.41) is 2.75. The number of nitrogens with one attached hydrogen (secondary N) is 1. The number of ether oxygens (including phenoxy) is 1. The molecule has 2 rings (SSSR count). The molecule has 20 heavy (non-hydrogen) atoms. The van der Waals surface area contributed by atoms with Crippen LogP contribution in [-0.2, 0) is 9.53 Å². The highest BCUT2D eigenvalue weighted by molar-refractivity contribution is 9.11. The first kappa shape index (κ1) is 15.5. The second kappa shape index (κ2) is 6.72. The summed E-state index contributed by atoms with van der Waals surface area (Å²) in [6.45, 7) is 0. The van der Waals surface area contributed by atoms with Crippen molar-refractivity contribution in [1.82, 2.24) is 5.32 Å². The van der Waals surface area contributed by atoms with Crippen LogP contribution in [0, 0.1) is 5.92 Å². The fraction of sp³-hybridized carbons (Fsp3) is 0.429. The number of amides is 1. The SMILES string of the molecule is COC(=O)[C@H](CC1CC1)NC(=O)c1cc(Br)cc(Br)c1. The van der Waals surface area contributed by atoms with Gasteiger partial charge in [-0.25, -0.2) is 4.79 Å². The molecule has 0 spiro atoms. The van der Waals surface area contributed by atoms with E-state index < -0.39 is 6.04 Å². The smallest absolute Gasteiger partial charge is 0.328 e. The minimum atomic E-state index is -0.572. The van der Waals surface area contributed by atoms with E-state index in [1.54, 1.807) is 12.1 Å². The lowest BCUT2D eigenvalue weighted by molar-refractivity contribution is -0.143. The molecule has 0 saturated heterocycles. The number of hydrogen-bond donors (Lipinski definition) is 1. The molecule has 1 aromatic rings. The van der Waals surface area contributed by atoms with Crippen molar-refractivity contribution in [3.8, 4) is 0 Å². The van der Waals surface area contributed by atoms with Crippen molar-refractivity contribution in [3.05, 3.63) is 32.7 Å². The fourth-order valence-corrected chi connectivity index (χ4v) is 3.26. The molecule has 0 heterocycles. The van der Waals surface area contributed by atoms with Gasteiger partial charge in [-0.15, -0.1) is 0 Å². The predicted octanol–water partition coefficient (Wildman–Crippen LogP) is 3.28. The number of benzene rings is 1. The van der Waals surface area contributed by atoms with Gasteiger partial charge in [0.15, 0.2) is 0 Å². The summed E-state index contributed by atoms with van der Waals surface area (Å²) in [7, 11) is 1.34. The lowest BCUT2D eigenvalue weighted by Gasteiger charge is -2.16. The Labute approximate surface area is 134 Å². The molecule has 1 N–H and O–H groups in total. The Morgan fingerprint density at radius 2 is 1.90 bits per heavy atom. The third kappa shape index (κ3) is 4.31. The number of esters is 1. The Morgan fingerprint density at radius 3 is 2.40 bits per heavy atom. The van der Waals surface area contributed by atoms with E-state index >= 15 is 0 Å². The van der Waals surface area contributed by atoms with Crippen LogP contribution >= 0.6 is 31.9 Å². The van der Waals surface area contributed by atoms with Gasteiger partial charge in [0.1, 0.15) is 6.04 Å². The second-order valence-corrected chi connectivity index (χ2v) is 6.72. The van der Waals surface area contributed by atoms with Crippen LogP contribution in [-0.4, -0.2) is 25.0 Å². The zero-order valence-electron chi connectivity index (χ0n) is 11.0. The molecule has 4 nitrogen and oxygen atoms in total. The van der Waals surface area contributed by atoms with Crippen LogP contribution in [0.1, 0.15) is 29.6 Å². The molecular weight excluding hydrogens is 390 g/mol. The summed E-state index contributed by atoms with van der Waals surface area (Å²) in [6, 6.07) is 4.70. The monoisotopic (exact) mass is 403 g/mol. The molecular formula is C14H15Br2NO3. The average Bonchev–Trinajstić information content (AvgIpc) is 3.19. The van der Waals surface area contributed by atoms with Crippen LogP contribution in [0.25, 0.3) is 0 Å². The molecule has 0 unspecified atom stereocenters. The van der Waals surface area contributed by atoms with Crippen molar-refractivity contribution in [3.63, 3.8) is 0 Å². The van der Waals surface area contributed by atoms with E-state index in [2.05, 4.69) is 37.2 Å². The molecule has 0 aromatic heterocycles. The predicted molar refractivity (Wildman–Crippen MR) is 82.5 cm³/mol. The highest BCUT2D eigenvalue weighted by atomic mass is 79.9. The zero-order chi connectivity index (χ0) is 14.7. The first-order chi connectivity index (χ1) is 9.49. The van der Waals surface area contributed by atoms with Gasteiger partial charge in [0.05, 0.1) is 7.11 Å². The van der Waals surface area contributed by atoms with E-state index in [1.807, 2.05) is 6.07 Å². The van der Waals surface area contributed by atoms with E-state index in [0.29, 0.717) is 17.9 Å². The highest BCUT2D eigenvalue weighted by Crippen LogP contribution is 2.33. The number of carbonyl (C=O) groups excluding carboxylic acids is 2. The Balaban J connectivity index is 2.08. The standard InChI is InChI=1S/C14H15Br2NO3/c1-20-14(19)12(4-8-2-3-8)17-13(18)9-5-10(15)7-11(16)6-9/h5-8,12H,2-4H2,1H3,(H,17,18)/t12-/m0/s1. The van der Waals surface area contributed by atoms with E-state index in [4.69, 9.17) is 4.74 Å². The normalized spacial score (nSPS) is 15.6. The largest absolute Gasteiger partial charge is 0.467 e. The van der Waals surface area contributed by atoms with Gasteiger partial charge in [-0.05, 0) is 30.5 Å². The molecule has 108 valence electrons. The summed E-state index contributed by atoms with van der Waals surface area (Å²) < 4.78 is 6.35. The third-order valence-corrected chi connectivity index (χ3v) is 4.10. The Bertz CT molecular complexity index is 509.